The van der Waals surface area contributed by atoms with Crippen LogP contribution in [0.5, 0.6) is 0 Å². The summed E-state index contributed by atoms with van der Waals surface area (Å²) in [5, 5.41) is 6.00. The molecule has 0 bridgehead atoms. The summed E-state index contributed by atoms with van der Waals surface area (Å²) < 4.78 is 0.847. The van der Waals surface area contributed by atoms with Gasteiger partial charge in [-0.3, -0.25) is 9.59 Å². The fraction of sp³-hybridized carbons (Fsp3) is 0.556. The molecule has 0 saturated heterocycles. The number of halogens is 1. The molecule has 3 N–H and O–H groups in total. The Hall–Kier alpha value is -1.40. The molecule has 1 aromatic rings. The molecule has 1 fully saturated rings. The molecule has 3 atom stereocenters. The first kappa shape index (κ1) is 18.9. The number of likely N-dealkylation sites (N-methyl/N-ethyl adjacent to an activating group) is 1. The largest absolute Gasteiger partial charge is 0.348 e. The van der Waals surface area contributed by atoms with E-state index in [0.717, 1.165) is 21.5 Å². The summed E-state index contributed by atoms with van der Waals surface area (Å²) in [4.78, 5) is 25.2. The van der Waals surface area contributed by atoms with Gasteiger partial charge in [-0.2, -0.15) is 0 Å². The van der Waals surface area contributed by atoms with E-state index >= 15 is 0 Å². The Morgan fingerprint density at radius 1 is 1.17 bits per heavy atom. The van der Waals surface area contributed by atoms with Gasteiger partial charge in [0.15, 0.2) is 13.1 Å². The molecular formula is C18H27BrN3O2+. The van der Waals surface area contributed by atoms with Crippen molar-refractivity contribution in [1.82, 2.24) is 5.32 Å². The van der Waals surface area contributed by atoms with Crippen LogP contribution in [0.4, 0.5) is 5.69 Å². The minimum absolute atomic E-state index is 0.0277. The maximum Gasteiger partial charge on any atom is 0.279 e. The molecule has 1 saturated carbocycles. The van der Waals surface area contributed by atoms with Gasteiger partial charge >= 0.3 is 0 Å². The Morgan fingerprint density at radius 3 is 2.54 bits per heavy atom. The van der Waals surface area contributed by atoms with Crippen molar-refractivity contribution in [3.8, 4) is 0 Å². The summed E-state index contributed by atoms with van der Waals surface area (Å²) in [6, 6.07) is 7.77. The second kappa shape index (κ2) is 9.18. The van der Waals surface area contributed by atoms with Crippen LogP contribution >= 0.6 is 15.9 Å². The van der Waals surface area contributed by atoms with Gasteiger partial charge in [-0.1, -0.05) is 31.9 Å². The SMILES string of the molecule is C[C@H]1CCCC[C@@H]1NC(=O)C[NH+](C)CC(=O)Nc1ccccc1Br. The maximum absolute atomic E-state index is 12.2. The van der Waals surface area contributed by atoms with Crippen LogP contribution < -0.4 is 15.5 Å². The number of anilines is 1. The number of amides is 2. The first-order valence-electron chi connectivity index (χ1n) is 8.60. The number of hydrogen-bond acceptors (Lipinski definition) is 2. The second-order valence-corrected chi connectivity index (χ2v) is 7.63. The first-order chi connectivity index (χ1) is 11.5. The lowest BCUT2D eigenvalue weighted by atomic mass is 9.86. The summed E-state index contributed by atoms with van der Waals surface area (Å²) in [5.74, 6) is 0.472. The Labute approximate surface area is 152 Å². The zero-order valence-electron chi connectivity index (χ0n) is 14.4. The predicted octanol–water partition coefficient (Wildman–Crippen LogP) is 1.60. The third-order valence-corrected chi connectivity index (χ3v) is 5.22. The molecule has 1 aliphatic rings. The monoisotopic (exact) mass is 396 g/mol. The summed E-state index contributed by atoms with van der Waals surface area (Å²) >= 11 is 3.41. The van der Waals surface area contributed by atoms with E-state index in [4.69, 9.17) is 0 Å². The number of rotatable bonds is 6. The molecular weight excluding hydrogens is 370 g/mol. The zero-order valence-corrected chi connectivity index (χ0v) is 16.0. The van der Waals surface area contributed by atoms with Gasteiger partial charge in [0.2, 0.25) is 0 Å². The smallest absolute Gasteiger partial charge is 0.279 e. The van der Waals surface area contributed by atoms with Gasteiger partial charge in [-0.15, -0.1) is 0 Å². The van der Waals surface area contributed by atoms with Gasteiger partial charge in [-0.25, -0.2) is 0 Å². The molecule has 5 nitrogen and oxygen atoms in total. The maximum atomic E-state index is 12.2. The van der Waals surface area contributed by atoms with Gasteiger partial charge in [0, 0.05) is 10.5 Å². The van der Waals surface area contributed by atoms with Crippen LogP contribution in [0.2, 0.25) is 0 Å². The second-order valence-electron chi connectivity index (χ2n) is 6.77. The van der Waals surface area contributed by atoms with Crippen LogP contribution in [0.25, 0.3) is 0 Å². The minimum Gasteiger partial charge on any atom is -0.348 e. The van der Waals surface area contributed by atoms with E-state index in [1.165, 1.54) is 19.3 Å². The highest BCUT2D eigenvalue weighted by Gasteiger charge is 2.24. The molecule has 6 heteroatoms. The van der Waals surface area contributed by atoms with Gasteiger partial charge < -0.3 is 15.5 Å². The van der Waals surface area contributed by atoms with Crippen molar-refractivity contribution in [1.29, 1.82) is 0 Å². The Bertz CT molecular complexity index is 579. The third kappa shape index (κ3) is 5.91. The lowest BCUT2D eigenvalue weighted by Crippen LogP contribution is -3.11. The summed E-state index contributed by atoms with van der Waals surface area (Å²) in [7, 11) is 1.86. The molecule has 0 radical (unpaired) electrons. The molecule has 0 aromatic heterocycles. The van der Waals surface area contributed by atoms with Crippen molar-refractivity contribution in [2.45, 2.75) is 38.6 Å². The van der Waals surface area contributed by atoms with Crippen molar-refractivity contribution >= 4 is 33.4 Å². The quantitative estimate of drug-likeness (QED) is 0.683. The number of hydrogen-bond donors (Lipinski definition) is 3. The molecule has 2 amide bonds. The van der Waals surface area contributed by atoms with E-state index in [9.17, 15) is 9.59 Å². The van der Waals surface area contributed by atoms with Crippen LogP contribution in [-0.2, 0) is 9.59 Å². The van der Waals surface area contributed by atoms with E-state index in [2.05, 4.69) is 33.5 Å². The zero-order chi connectivity index (χ0) is 17.5. The van der Waals surface area contributed by atoms with Gasteiger partial charge in [0.25, 0.3) is 11.8 Å². The molecule has 24 heavy (non-hydrogen) atoms. The van der Waals surface area contributed by atoms with Gasteiger partial charge in [0.05, 0.1) is 12.7 Å². The van der Waals surface area contributed by atoms with Crippen LogP contribution in [0.3, 0.4) is 0 Å². The van der Waals surface area contributed by atoms with Crippen molar-refractivity contribution in [2.75, 3.05) is 25.5 Å². The van der Waals surface area contributed by atoms with E-state index in [1.54, 1.807) is 0 Å². The minimum atomic E-state index is -0.0989. The number of carbonyl (C=O) groups is 2. The van der Waals surface area contributed by atoms with Crippen LogP contribution in [0.15, 0.2) is 28.7 Å². The highest BCUT2D eigenvalue weighted by atomic mass is 79.9. The van der Waals surface area contributed by atoms with Crippen molar-refractivity contribution in [3.63, 3.8) is 0 Å². The first-order valence-corrected chi connectivity index (χ1v) is 9.40. The lowest BCUT2D eigenvalue weighted by Gasteiger charge is -2.29. The average Bonchev–Trinajstić information content (AvgIpc) is 2.51. The Morgan fingerprint density at radius 2 is 1.83 bits per heavy atom. The fourth-order valence-corrected chi connectivity index (χ4v) is 3.54. The van der Waals surface area contributed by atoms with Crippen LogP contribution in [0.1, 0.15) is 32.6 Å². The predicted molar refractivity (Wildman–Crippen MR) is 99.0 cm³/mol. The van der Waals surface area contributed by atoms with Crippen molar-refractivity contribution < 1.29 is 14.5 Å². The molecule has 0 heterocycles. The highest BCUT2D eigenvalue weighted by Crippen LogP contribution is 2.23. The molecule has 0 spiro atoms. The van der Waals surface area contributed by atoms with Crippen LogP contribution in [-0.4, -0.2) is 38.0 Å². The molecule has 0 aliphatic heterocycles. The van der Waals surface area contributed by atoms with E-state index < -0.39 is 0 Å². The summed E-state index contributed by atoms with van der Waals surface area (Å²) in [6.45, 7) is 2.77. The van der Waals surface area contributed by atoms with E-state index in [0.29, 0.717) is 12.5 Å². The number of nitrogens with one attached hydrogen (secondary N) is 3. The van der Waals surface area contributed by atoms with Gasteiger partial charge in [-0.05, 0) is 46.8 Å². The van der Waals surface area contributed by atoms with E-state index in [-0.39, 0.29) is 24.4 Å². The summed E-state index contributed by atoms with van der Waals surface area (Å²) in [5.41, 5.74) is 0.746. The molecule has 1 aliphatic carbocycles. The third-order valence-electron chi connectivity index (χ3n) is 4.53. The average molecular weight is 397 g/mol. The Balaban J connectivity index is 1.75. The topological polar surface area (TPSA) is 62.6 Å². The fourth-order valence-electron chi connectivity index (χ4n) is 3.16. The standard InChI is InChI=1S/C18H26BrN3O2/c1-13-7-3-5-9-15(13)20-17(23)11-22(2)12-18(24)21-16-10-6-4-8-14(16)19/h4,6,8,10,13,15H,3,5,7,9,11-12H2,1-2H3,(H,20,23)(H,21,24)/p+1/t13-,15-/m0/s1. The number of para-hydroxylation sites is 1. The molecule has 2 rings (SSSR count). The number of quaternary nitrogens is 1. The number of carbonyl (C=O) groups excluding carboxylic acids is 2. The van der Waals surface area contributed by atoms with Crippen molar-refractivity contribution in [3.05, 3.63) is 28.7 Å². The molecule has 1 aromatic carbocycles. The highest BCUT2D eigenvalue weighted by molar-refractivity contribution is 9.10. The normalized spacial score (nSPS) is 21.8. The molecule has 1 unspecified atom stereocenters. The van der Waals surface area contributed by atoms with E-state index in [1.807, 2.05) is 31.3 Å². The number of benzene rings is 1. The van der Waals surface area contributed by atoms with Crippen molar-refractivity contribution in [2.24, 2.45) is 5.92 Å². The lowest BCUT2D eigenvalue weighted by molar-refractivity contribution is -0.862. The Kier molecular flexibility index (Phi) is 7.24. The van der Waals surface area contributed by atoms with Gasteiger partial charge in [0.1, 0.15) is 0 Å². The van der Waals surface area contributed by atoms with Crippen LogP contribution in [0, 0.1) is 5.92 Å². The summed E-state index contributed by atoms with van der Waals surface area (Å²) in [6.07, 6.45) is 4.69. The molecule has 132 valence electrons.